The Hall–Kier alpha value is -2.82. The van der Waals surface area contributed by atoms with Crippen molar-refractivity contribution in [1.82, 2.24) is 4.98 Å². The average molecular weight is 367 g/mol. The molecule has 0 saturated heterocycles. The first-order chi connectivity index (χ1) is 12.4. The molecule has 5 heteroatoms. The molecule has 0 bridgehead atoms. The van der Waals surface area contributed by atoms with E-state index in [9.17, 15) is 9.90 Å². The van der Waals surface area contributed by atoms with E-state index >= 15 is 0 Å². The van der Waals surface area contributed by atoms with E-state index in [-0.39, 0.29) is 16.4 Å². The molecule has 0 aliphatic rings. The number of hydrogen-bond donors (Lipinski definition) is 2. The lowest BCUT2D eigenvalue weighted by Gasteiger charge is -2.27. The first kappa shape index (κ1) is 19.0. The van der Waals surface area contributed by atoms with Crippen LogP contribution in [-0.2, 0) is 10.8 Å². The standard InChI is InChI=1S/C22H25NO4/c1-21(2,3)14-9-13(10-15(18(14)24)22(4,5)6)19-23-16-11-12(20(25)26)7-8-17(16)27-19/h7-11,24H,1-6H3,(H,25,26). The predicted molar refractivity (Wildman–Crippen MR) is 105 cm³/mol. The second-order valence-corrected chi connectivity index (χ2v) is 8.93. The fourth-order valence-corrected chi connectivity index (χ4v) is 3.09. The number of aromatic nitrogens is 1. The first-order valence-corrected chi connectivity index (χ1v) is 8.90. The van der Waals surface area contributed by atoms with Gasteiger partial charge in [0.05, 0.1) is 5.56 Å². The fraction of sp³-hybridized carbons (Fsp3) is 0.364. The molecule has 3 rings (SSSR count). The molecule has 1 heterocycles. The fourth-order valence-electron chi connectivity index (χ4n) is 3.09. The smallest absolute Gasteiger partial charge is 0.335 e. The van der Waals surface area contributed by atoms with Crippen molar-refractivity contribution < 1.29 is 19.4 Å². The van der Waals surface area contributed by atoms with Crippen molar-refractivity contribution in [3.63, 3.8) is 0 Å². The van der Waals surface area contributed by atoms with Crippen LogP contribution in [-0.4, -0.2) is 21.2 Å². The molecule has 1 aromatic heterocycles. The van der Waals surface area contributed by atoms with Crippen LogP contribution in [0.25, 0.3) is 22.6 Å². The van der Waals surface area contributed by atoms with E-state index in [0.29, 0.717) is 22.7 Å². The van der Waals surface area contributed by atoms with Gasteiger partial charge in [-0.2, -0.15) is 0 Å². The predicted octanol–water partition coefficient (Wildman–Crippen LogP) is 5.49. The maximum atomic E-state index is 11.2. The molecule has 0 saturated carbocycles. The number of rotatable bonds is 2. The molecule has 2 N–H and O–H groups in total. The van der Waals surface area contributed by atoms with Gasteiger partial charge in [-0.1, -0.05) is 41.5 Å². The summed E-state index contributed by atoms with van der Waals surface area (Å²) in [4.78, 5) is 15.7. The van der Waals surface area contributed by atoms with Crippen LogP contribution in [0.3, 0.4) is 0 Å². The summed E-state index contributed by atoms with van der Waals surface area (Å²) in [6.45, 7) is 12.3. The molecular weight excluding hydrogens is 342 g/mol. The maximum absolute atomic E-state index is 11.2. The lowest BCUT2D eigenvalue weighted by Crippen LogP contribution is -2.17. The molecule has 0 unspecified atom stereocenters. The highest BCUT2D eigenvalue weighted by Gasteiger charge is 2.27. The third-order valence-corrected chi connectivity index (χ3v) is 4.61. The van der Waals surface area contributed by atoms with Gasteiger partial charge in [-0.3, -0.25) is 0 Å². The van der Waals surface area contributed by atoms with E-state index in [1.807, 2.05) is 53.7 Å². The quantitative estimate of drug-likeness (QED) is 0.625. The molecule has 0 aliphatic heterocycles. The summed E-state index contributed by atoms with van der Waals surface area (Å²) in [5.74, 6) is -0.303. The van der Waals surface area contributed by atoms with Crippen molar-refractivity contribution in [1.29, 1.82) is 0 Å². The number of aromatic hydroxyl groups is 1. The monoisotopic (exact) mass is 367 g/mol. The molecule has 0 amide bonds. The number of benzene rings is 2. The highest BCUT2D eigenvalue weighted by molar-refractivity contribution is 5.92. The largest absolute Gasteiger partial charge is 0.507 e. The Labute approximate surface area is 158 Å². The van der Waals surface area contributed by atoms with Crippen molar-refractivity contribution >= 4 is 17.1 Å². The number of phenols is 1. The molecule has 0 radical (unpaired) electrons. The normalized spacial score (nSPS) is 12.5. The summed E-state index contributed by atoms with van der Waals surface area (Å²) >= 11 is 0. The lowest BCUT2D eigenvalue weighted by molar-refractivity contribution is 0.0697. The number of hydrogen-bond acceptors (Lipinski definition) is 4. The zero-order valence-electron chi connectivity index (χ0n) is 16.5. The number of oxazole rings is 1. The average Bonchev–Trinajstić information content (AvgIpc) is 2.95. The molecule has 2 aromatic carbocycles. The molecule has 0 spiro atoms. The number of carboxylic acid groups (broad SMARTS) is 1. The van der Waals surface area contributed by atoms with E-state index in [1.165, 1.54) is 12.1 Å². The zero-order chi connectivity index (χ0) is 20.1. The Morgan fingerprint density at radius 2 is 1.52 bits per heavy atom. The van der Waals surface area contributed by atoms with Crippen LogP contribution >= 0.6 is 0 Å². The second kappa shape index (κ2) is 6.12. The van der Waals surface area contributed by atoms with Gasteiger partial charge in [-0.15, -0.1) is 0 Å². The van der Waals surface area contributed by atoms with Crippen molar-refractivity contribution in [2.24, 2.45) is 0 Å². The van der Waals surface area contributed by atoms with Gasteiger partial charge >= 0.3 is 5.97 Å². The minimum Gasteiger partial charge on any atom is -0.507 e. The summed E-state index contributed by atoms with van der Waals surface area (Å²) < 4.78 is 5.88. The van der Waals surface area contributed by atoms with Gasteiger partial charge in [0.2, 0.25) is 5.89 Å². The van der Waals surface area contributed by atoms with E-state index < -0.39 is 5.97 Å². The second-order valence-electron chi connectivity index (χ2n) is 8.93. The van der Waals surface area contributed by atoms with Crippen LogP contribution in [0.4, 0.5) is 0 Å². The van der Waals surface area contributed by atoms with E-state index in [4.69, 9.17) is 9.52 Å². The highest BCUT2D eigenvalue weighted by Crippen LogP contribution is 2.42. The van der Waals surface area contributed by atoms with Gasteiger partial charge in [-0.25, -0.2) is 9.78 Å². The summed E-state index contributed by atoms with van der Waals surface area (Å²) in [5, 5.41) is 20.0. The van der Waals surface area contributed by atoms with E-state index in [2.05, 4.69) is 4.98 Å². The van der Waals surface area contributed by atoms with Gasteiger partial charge in [0.25, 0.3) is 0 Å². The van der Waals surface area contributed by atoms with Crippen LogP contribution < -0.4 is 0 Å². The highest BCUT2D eigenvalue weighted by atomic mass is 16.4. The number of nitrogens with zero attached hydrogens (tertiary/aromatic N) is 1. The molecule has 0 fully saturated rings. The van der Waals surface area contributed by atoms with Gasteiger partial charge in [0, 0.05) is 16.7 Å². The zero-order valence-corrected chi connectivity index (χ0v) is 16.5. The van der Waals surface area contributed by atoms with Gasteiger partial charge in [0.1, 0.15) is 11.3 Å². The molecular formula is C22H25NO4. The Morgan fingerprint density at radius 1 is 0.963 bits per heavy atom. The molecule has 142 valence electrons. The Bertz CT molecular complexity index is 998. The Balaban J connectivity index is 2.24. The summed E-state index contributed by atoms with van der Waals surface area (Å²) in [6.07, 6.45) is 0. The third kappa shape index (κ3) is 3.54. The summed E-state index contributed by atoms with van der Waals surface area (Å²) in [6, 6.07) is 8.41. The molecule has 3 aromatic rings. The van der Waals surface area contributed by atoms with Crippen LogP contribution in [0.5, 0.6) is 5.75 Å². The number of carbonyl (C=O) groups is 1. The van der Waals surface area contributed by atoms with E-state index in [0.717, 1.165) is 16.7 Å². The summed E-state index contributed by atoms with van der Waals surface area (Å²) in [7, 11) is 0. The number of fused-ring (bicyclic) bond motifs is 1. The topological polar surface area (TPSA) is 83.6 Å². The Morgan fingerprint density at radius 3 is 2.00 bits per heavy atom. The van der Waals surface area contributed by atoms with E-state index in [1.54, 1.807) is 6.07 Å². The van der Waals surface area contributed by atoms with Crippen molar-refractivity contribution in [3.8, 4) is 17.2 Å². The SMILES string of the molecule is CC(C)(C)c1cc(-c2nc3cc(C(=O)O)ccc3o2)cc(C(C)(C)C)c1O. The lowest BCUT2D eigenvalue weighted by atomic mass is 9.78. The van der Waals surface area contributed by atoms with Crippen LogP contribution in [0.1, 0.15) is 63.0 Å². The third-order valence-electron chi connectivity index (χ3n) is 4.61. The molecule has 0 aliphatic carbocycles. The summed E-state index contributed by atoms with van der Waals surface area (Å²) in [5.41, 5.74) is 3.06. The number of phenolic OH excluding ortho intramolecular Hbond substituents is 1. The Kier molecular flexibility index (Phi) is 4.29. The number of aromatic carboxylic acids is 1. The van der Waals surface area contributed by atoms with Crippen LogP contribution in [0.2, 0.25) is 0 Å². The van der Waals surface area contributed by atoms with Gasteiger partial charge < -0.3 is 14.6 Å². The van der Waals surface area contributed by atoms with Crippen molar-refractivity contribution in [2.75, 3.05) is 0 Å². The van der Waals surface area contributed by atoms with Crippen molar-refractivity contribution in [3.05, 3.63) is 47.0 Å². The molecule has 0 atom stereocenters. The minimum atomic E-state index is -1.00. The van der Waals surface area contributed by atoms with Crippen molar-refractivity contribution in [2.45, 2.75) is 52.4 Å². The van der Waals surface area contributed by atoms with Gasteiger partial charge in [-0.05, 0) is 41.2 Å². The maximum Gasteiger partial charge on any atom is 0.335 e. The number of carboxylic acids is 1. The van der Waals surface area contributed by atoms with Gasteiger partial charge in [0.15, 0.2) is 5.58 Å². The minimum absolute atomic E-state index is 0.166. The molecule has 27 heavy (non-hydrogen) atoms. The first-order valence-electron chi connectivity index (χ1n) is 8.90. The molecule has 5 nitrogen and oxygen atoms in total. The van der Waals surface area contributed by atoms with Crippen LogP contribution in [0.15, 0.2) is 34.7 Å². The van der Waals surface area contributed by atoms with Crippen LogP contribution in [0, 0.1) is 0 Å².